The van der Waals surface area contributed by atoms with E-state index in [-0.39, 0.29) is 5.82 Å². The highest BCUT2D eigenvalue weighted by Gasteiger charge is 2.16. The van der Waals surface area contributed by atoms with Gasteiger partial charge in [-0.25, -0.2) is 0 Å². The SMILES string of the molecule is [C-]#[N+]C([N+]#[C-])=C(OC)N(C)C. The van der Waals surface area contributed by atoms with Gasteiger partial charge in [0.1, 0.15) is 13.1 Å². The zero-order valence-electron chi connectivity index (χ0n) is 6.75. The minimum atomic E-state index is -0.0440. The summed E-state index contributed by atoms with van der Waals surface area (Å²) in [6.45, 7) is 13.3. The van der Waals surface area contributed by atoms with Crippen molar-refractivity contribution in [2.75, 3.05) is 21.2 Å². The Bertz CT molecular complexity index is 225. The van der Waals surface area contributed by atoms with Crippen LogP contribution in [0.4, 0.5) is 0 Å². The largest absolute Gasteiger partial charge is 0.579 e. The Balaban J connectivity index is 4.86. The van der Waals surface area contributed by atoms with Crippen molar-refractivity contribution in [3.05, 3.63) is 34.5 Å². The van der Waals surface area contributed by atoms with Crippen molar-refractivity contribution in [3.63, 3.8) is 0 Å². The van der Waals surface area contributed by atoms with Gasteiger partial charge in [-0.15, -0.1) is 9.69 Å². The molecule has 0 saturated heterocycles. The topological polar surface area (TPSA) is 21.2 Å². The Hall–Kier alpha value is -1.68. The minimum absolute atomic E-state index is 0.0440. The highest BCUT2D eigenvalue weighted by Crippen LogP contribution is 2.09. The van der Waals surface area contributed by atoms with Crippen molar-refractivity contribution in [1.82, 2.24) is 4.90 Å². The van der Waals surface area contributed by atoms with E-state index in [1.165, 1.54) is 7.11 Å². The third-order valence-corrected chi connectivity index (χ3v) is 1.00. The summed E-state index contributed by atoms with van der Waals surface area (Å²) in [7, 11) is 4.87. The van der Waals surface area contributed by atoms with E-state index >= 15 is 0 Å². The molecule has 0 aliphatic heterocycles. The van der Waals surface area contributed by atoms with Gasteiger partial charge in [0.05, 0.1) is 7.11 Å². The second kappa shape index (κ2) is 4.19. The van der Waals surface area contributed by atoms with Gasteiger partial charge < -0.3 is 9.64 Å². The van der Waals surface area contributed by atoms with Crippen LogP contribution >= 0.6 is 0 Å². The third-order valence-electron chi connectivity index (χ3n) is 1.00. The average Bonchev–Trinajstić information content (AvgIpc) is 1.99. The van der Waals surface area contributed by atoms with E-state index < -0.39 is 0 Å². The van der Waals surface area contributed by atoms with Crippen LogP contribution in [0, 0.1) is 13.1 Å². The first kappa shape index (κ1) is 9.32. The van der Waals surface area contributed by atoms with Crippen LogP contribution in [0.15, 0.2) is 11.7 Å². The van der Waals surface area contributed by atoms with Crippen LogP contribution in [0.1, 0.15) is 0 Å². The molecule has 0 aromatic heterocycles. The maximum absolute atomic E-state index is 6.63. The molecule has 0 aliphatic carbocycles. The molecule has 0 heterocycles. The molecule has 0 rings (SSSR count). The first-order valence-corrected chi connectivity index (χ1v) is 2.87. The molecule has 0 N–H and O–H groups in total. The van der Waals surface area contributed by atoms with Gasteiger partial charge in [-0.05, 0) is 0 Å². The Kier molecular flexibility index (Phi) is 3.55. The quantitative estimate of drug-likeness (QED) is 0.436. The van der Waals surface area contributed by atoms with Crippen LogP contribution in [0.3, 0.4) is 0 Å². The van der Waals surface area contributed by atoms with Crippen molar-refractivity contribution in [1.29, 1.82) is 0 Å². The second-order valence-electron chi connectivity index (χ2n) is 1.95. The lowest BCUT2D eigenvalue weighted by atomic mass is 10.6. The first-order valence-electron chi connectivity index (χ1n) is 2.87. The second-order valence-corrected chi connectivity index (χ2v) is 1.95. The zero-order valence-corrected chi connectivity index (χ0v) is 6.75. The predicted molar refractivity (Wildman–Crippen MR) is 40.9 cm³/mol. The average molecular weight is 151 g/mol. The van der Waals surface area contributed by atoms with E-state index in [4.69, 9.17) is 17.9 Å². The zero-order chi connectivity index (χ0) is 8.85. The normalized spacial score (nSPS) is 7.36. The van der Waals surface area contributed by atoms with Gasteiger partial charge in [0.25, 0.3) is 5.88 Å². The number of methoxy groups -OCH3 is 1. The monoisotopic (exact) mass is 151 g/mol. The first-order chi connectivity index (χ1) is 5.17. The highest BCUT2D eigenvalue weighted by atomic mass is 16.5. The summed E-state index contributed by atoms with van der Waals surface area (Å²) in [5, 5.41) is 0. The molecule has 0 fully saturated rings. The van der Waals surface area contributed by atoms with E-state index in [2.05, 4.69) is 9.69 Å². The van der Waals surface area contributed by atoms with Crippen molar-refractivity contribution in [2.45, 2.75) is 0 Å². The summed E-state index contributed by atoms with van der Waals surface area (Å²) < 4.78 is 4.83. The lowest BCUT2D eigenvalue weighted by Gasteiger charge is -2.11. The van der Waals surface area contributed by atoms with Gasteiger partial charge in [0, 0.05) is 14.1 Å². The van der Waals surface area contributed by atoms with Crippen LogP contribution in [0.25, 0.3) is 9.69 Å². The Labute approximate surface area is 66.3 Å². The predicted octanol–water partition coefficient (Wildman–Crippen LogP) is 1.16. The van der Waals surface area contributed by atoms with Crippen molar-refractivity contribution in [3.8, 4) is 0 Å². The molecule has 4 heteroatoms. The summed E-state index contributed by atoms with van der Waals surface area (Å²) in [4.78, 5) is 7.60. The summed E-state index contributed by atoms with van der Waals surface area (Å²) >= 11 is 0. The fraction of sp³-hybridized carbons (Fsp3) is 0.429. The molecule has 0 saturated carbocycles. The fourth-order valence-electron chi connectivity index (χ4n) is 0.595. The summed E-state index contributed by atoms with van der Waals surface area (Å²) in [6.07, 6.45) is 0. The molecule has 0 aliphatic rings. The van der Waals surface area contributed by atoms with E-state index in [0.717, 1.165) is 0 Å². The van der Waals surface area contributed by atoms with Crippen LogP contribution in [-0.4, -0.2) is 26.1 Å². The molecule has 0 spiro atoms. The van der Waals surface area contributed by atoms with Crippen molar-refractivity contribution < 1.29 is 4.74 Å². The Morgan fingerprint density at radius 2 is 1.73 bits per heavy atom. The van der Waals surface area contributed by atoms with Gasteiger partial charge >= 0.3 is 5.82 Å². The van der Waals surface area contributed by atoms with Gasteiger partial charge in [0.15, 0.2) is 0 Å². The third kappa shape index (κ3) is 2.19. The number of hydrogen-bond donors (Lipinski definition) is 0. The molecule has 0 amide bonds. The lowest BCUT2D eigenvalue weighted by molar-refractivity contribution is 0.191. The summed E-state index contributed by atoms with van der Waals surface area (Å²) in [5.74, 6) is 0.257. The van der Waals surface area contributed by atoms with Gasteiger partial charge in [-0.1, -0.05) is 0 Å². The molecule has 0 atom stereocenters. The number of rotatable bonds is 2. The summed E-state index contributed by atoms with van der Waals surface area (Å²) in [6, 6.07) is 0. The Morgan fingerprint density at radius 1 is 1.27 bits per heavy atom. The Morgan fingerprint density at radius 3 is 1.82 bits per heavy atom. The van der Waals surface area contributed by atoms with Crippen LogP contribution in [0.5, 0.6) is 0 Å². The molecular formula is C7H9N3O. The van der Waals surface area contributed by atoms with Crippen LogP contribution in [-0.2, 0) is 4.74 Å². The van der Waals surface area contributed by atoms with Crippen molar-refractivity contribution in [2.24, 2.45) is 0 Å². The molecular weight excluding hydrogens is 142 g/mol. The summed E-state index contributed by atoms with van der Waals surface area (Å²) in [5.41, 5.74) is 0. The maximum atomic E-state index is 6.63. The van der Waals surface area contributed by atoms with E-state index in [1.54, 1.807) is 19.0 Å². The number of nitrogens with zero attached hydrogens (tertiary/aromatic N) is 3. The molecule has 58 valence electrons. The standard InChI is InChI=1S/C7H9N3O/c1-8-6(9-2)7(11-5)10(3)4/h3-5H3. The van der Waals surface area contributed by atoms with Crippen LogP contribution in [0.2, 0.25) is 0 Å². The molecule has 0 bridgehead atoms. The fourth-order valence-corrected chi connectivity index (χ4v) is 0.595. The number of ether oxygens (including phenoxy) is 1. The molecule has 0 unspecified atom stereocenters. The van der Waals surface area contributed by atoms with Gasteiger partial charge in [-0.2, -0.15) is 0 Å². The van der Waals surface area contributed by atoms with E-state index in [9.17, 15) is 0 Å². The minimum Gasteiger partial charge on any atom is -0.486 e. The lowest BCUT2D eigenvalue weighted by Crippen LogP contribution is -2.13. The van der Waals surface area contributed by atoms with Gasteiger partial charge in [0.2, 0.25) is 0 Å². The molecule has 0 aromatic rings. The van der Waals surface area contributed by atoms with E-state index in [0.29, 0.717) is 5.88 Å². The van der Waals surface area contributed by atoms with Crippen molar-refractivity contribution >= 4 is 0 Å². The molecule has 0 aromatic carbocycles. The molecule has 4 nitrogen and oxygen atoms in total. The number of hydrogen-bond acceptors (Lipinski definition) is 2. The maximum Gasteiger partial charge on any atom is 0.579 e. The molecule has 0 radical (unpaired) electrons. The van der Waals surface area contributed by atoms with Crippen LogP contribution < -0.4 is 0 Å². The van der Waals surface area contributed by atoms with Gasteiger partial charge in [-0.3, -0.25) is 0 Å². The highest BCUT2D eigenvalue weighted by molar-refractivity contribution is 5.20. The smallest absolute Gasteiger partial charge is 0.486 e. The molecule has 11 heavy (non-hydrogen) atoms. The van der Waals surface area contributed by atoms with E-state index in [1.807, 2.05) is 0 Å².